The van der Waals surface area contributed by atoms with Crippen molar-refractivity contribution < 1.29 is 23.8 Å². The number of para-hydroxylation sites is 2. The fourth-order valence-electron chi connectivity index (χ4n) is 3.05. The summed E-state index contributed by atoms with van der Waals surface area (Å²) in [4.78, 5) is 26.1. The average molecular weight is 434 g/mol. The van der Waals surface area contributed by atoms with Gasteiger partial charge in [0.05, 0.1) is 18.9 Å². The summed E-state index contributed by atoms with van der Waals surface area (Å²) in [5.41, 5.74) is -0.667. The third-order valence-corrected chi connectivity index (χ3v) is 4.96. The molecular formula is C20H20BrNO5. The van der Waals surface area contributed by atoms with E-state index < -0.39 is 23.6 Å². The monoisotopic (exact) mass is 433 g/mol. The number of esters is 2. The van der Waals surface area contributed by atoms with Crippen molar-refractivity contribution in [1.82, 2.24) is 0 Å². The van der Waals surface area contributed by atoms with Gasteiger partial charge in [-0.1, -0.05) is 46.3 Å². The lowest BCUT2D eigenvalue weighted by Crippen LogP contribution is -2.61. The van der Waals surface area contributed by atoms with Gasteiger partial charge in [-0.3, -0.25) is 0 Å². The van der Waals surface area contributed by atoms with Crippen LogP contribution in [-0.2, 0) is 19.1 Å². The SMILES string of the molecule is CCOC(=O)C1(C(=O)OCC)Oc2ccccc2NC1c1ccccc1Br. The van der Waals surface area contributed by atoms with Crippen LogP contribution < -0.4 is 10.1 Å². The van der Waals surface area contributed by atoms with Crippen LogP contribution >= 0.6 is 15.9 Å². The van der Waals surface area contributed by atoms with Gasteiger partial charge in [-0.15, -0.1) is 0 Å². The van der Waals surface area contributed by atoms with E-state index in [1.54, 1.807) is 26.0 Å². The van der Waals surface area contributed by atoms with Gasteiger partial charge in [0.1, 0.15) is 11.8 Å². The molecule has 2 aromatic carbocycles. The molecule has 1 unspecified atom stereocenters. The molecule has 0 amide bonds. The molecule has 1 atom stereocenters. The second-order valence-corrected chi connectivity index (χ2v) is 6.73. The predicted molar refractivity (Wildman–Crippen MR) is 104 cm³/mol. The molecule has 3 rings (SSSR count). The van der Waals surface area contributed by atoms with Gasteiger partial charge in [-0.2, -0.15) is 0 Å². The molecule has 27 heavy (non-hydrogen) atoms. The van der Waals surface area contributed by atoms with Crippen molar-refractivity contribution in [2.45, 2.75) is 25.5 Å². The minimum atomic E-state index is -2.01. The topological polar surface area (TPSA) is 73.9 Å². The van der Waals surface area contributed by atoms with Gasteiger partial charge < -0.3 is 19.5 Å². The smallest absolute Gasteiger partial charge is 0.365 e. The maximum Gasteiger partial charge on any atom is 0.365 e. The average Bonchev–Trinajstić information content (AvgIpc) is 2.67. The summed E-state index contributed by atoms with van der Waals surface area (Å²) in [6.45, 7) is 3.56. The molecule has 1 aliphatic heterocycles. The van der Waals surface area contributed by atoms with E-state index in [4.69, 9.17) is 14.2 Å². The standard InChI is InChI=1S/C20H20BrNO5/c1-3-25-18(23)20(19(24)26-4-2)17(13-9-5-6-10-14(13)21)22-15-11-7-8-12-16(15)27-20/h5-12,17,22H,3-4H2,1-2H3. The molecule has 1 aliphatic rings. The van der Waals surface area contributed by atoms with Crippen LogP contribution in [-0.4, -0.2) is 30.8 Å². The van der Waals surface area contributed by atoms with Crippen molar-refractivity contribution in [3.05, 3.63) is 58.6 Å². The van der Waals surface area contributed by atoms with Gasteiger partial charge in [0, 0.05) is 4.47 Å². The Bertz CT molecular complexity index is 836. The van der Waals surface area contributed by atoms with E-state index >= 15 is 0 Å². The van der Waals surface area contributed by atoms with E-state index in [0.717, 1.165) is 4.47 Å². The maximum atomic E-state index is 13.0. The highest BCUT2D eigenvalue weighted by Crippen LogP contribution is 2.45. The van der Waals surface area contributed by atoms with Crippen molar-refractivity contribution in [3.63, 3.8) is 0 Å². The molecule has 0 bridgehead atoms. The number of carbonyl (C=O) groups is 2. The van der Waals surface area contributed by atoms with E-state index in [-0.39, 0.29) is 13.2 Å². The van der Waals surface area contributed by atoms with Gasteiger partial charge >= 0.3 is 17.5 Å². The molecule has 1 N–H and O–H groups in total. The van der Waals surface area contributed by atoms with Crippen LogP contribution in [0.3, 0.4) is 0 Å². The summed E-state index contributed by atoms with van der Waals surface area (Å²) in [7, 11) is 0. The van der Waals surface area contributed by atoms with Crippen LogP contribution in [0.4, 0.5) is 5.69 Å². The lowest BCUT2D eigenvalue weighted by atomic mass is 9.86. The first-order chi connectivity index (χ1) is 13.0. The van der Waals surface area contributed by atoms with Gasteiger partial charge in [0.25, 0.3) is 0 Å². The fourth-order valence-corrected chi connectivity index (χ4v) is 3.56. The number of hydrogen-bond acceptors (Lipinski definition) is 6. The zero-order valence-corrected chi connectivity index (χ0v) is 16.6. The van der Waals surface area contributed by atoms with E-state index in [2.05, 4.69) is 21.2 Å². The van der Waals surface area contributed by atoms with Gasteiger partial charge in [-0.05, 0) is 37.6 Å². The Balaban J connectivity index is 2.22. The number of nitrogens with one attached hydrogen (secondary N) is 1. The Morgan fingerprint density at radius 1 is 1.04 bits per heavy atom. The molecule has 0 fully saturated rings. The molecule has 0 saturated heterocycles. The van der Waals surface area contributed by atoms with Crippen LogP contribution in [0.25, 0.3) is 0 Å². The van der Waals surface area contributed by atoms with Crippen molar-refractivity contribution in [3.8, 4) is 5.75 Å². The number of benzene rings is 2. The third-order valence-electron chi connectivity index (χ3n) is 4.24. The normalized spacial score (nSPS) is 17.1. The Morgan fingerprint density at radius 2 is 1.63 bits per heavy atom. The van der Waals surface area contributed by atoms with E-state index in [9.17, 15) is 9.59 Å². The highest BCUT2D eigenvalue weighted by molar-refractivity contribution is 9.10. The molecule has 7 heteroatoms. The number of carbonyl (C=O) groups excluding carboxylic acids is 2. The van der Waals surface area contributed by atoms with Crippen molar-refractivity contribution in [2.75, 3.05) is 18.5 Å². The van der Waals surface area contributed by atoms with E-state index in [1.165, 1.54) is 0 Å². The first-order valence-corrected chi connectivity index (χ1v) is 9.47. The zero-order valence-electron chi connectivity index (χ0n) is 15.0. The van der Waals surface area contributed by atoms with Crippen LogP contribution in [0, 0.1) is 0 Å². The van der Waals surface area contributed by atoms with Crippen molar-refractivity contribution in [2.24, 2.45) is 0 Å². The van der Waals surface area contributed by atoms with E-state index in [0.29, 0.717) is 17.0 Å². The number of ether oxygens (including phenoxy) is 3. The Labute approximate surface area is 165 Å². The van der Waals surface area contributed by atoms with Crippen LogP contribution in [0.1, 0.15) is 25.5 Å². The summed E-state index contributed by atoms with van der Waals surface area (Å²) in [6.07, 6.45) is 0. The number of hydrogen-bond donors (Lipinski definition) is 1. The molecule has 0 aromatic heterocycles. The number of halogens is 1. The van der Waals surface area contributed by atoms with Crippen LogP contribution in [0.2, 0.25) is 0 Å². The second-order valence-electron chi connectivity index (χ2n) is 5.87. The Hall–Kier alpha value is -2.54. The van der Waals surface area contributed by atoms with Gasteiger partial charge in [-0.25, -0.2) is 9.59 Å². The summed E-state index contributed by atoms with van der Waals surface area (Å²) in [6, 6.07) is 13.6. The first kappa shape index (κ1) is 19.2. The fraction of sp³-hybridized carbons (Fsp3) is 0.300. The molecular weight excluding hydrogens is 414 g/mol. The lowest BCUT2D eigenvalue weighted by molar-refractivity contribution is -0.182. The molecule has 0 saturated carbocycles. The summed E-state index contributed by atoms with van der Waals surface area (Å²) in [5, 5.41) is 3.27. The van der Waals surface area contributed by atoms with Gasteiger partial charge in [0.15, 0.2) is 0 Å². The molecule has 6 nitrogen and oxygen atoms in total. The summed E-state index contributed by atoms with van der Waals surface area (Å²) in [5.74, 6) is -1.22. The van der Waals surface area contributed by atoms with E-state index in [1.807, 2.05) is 36.4 Å². The summed E-state index contributed by atoms with van der Waals surface area (Å²) < 4.78 is 17.2. The minimum absolute atomic E-state index is 0.105. The molecule has 0 aliphatic carbocycles. The summed E-state index contributed by atoms with van der Waals surface area (Å²) >= 11 is 3.50. The van der Waals surface area contributed by atoms with Crippen LogP contribution in [0.15, 0.2) is 53.0 Å². The van der Waals surface area contributed by atoms with Crippen LogP contribution in [0.5, 0.6) is 5.75 Å². The molecule has 142 valence electrons. The number of fused-ring (bicyclic) bond motifs is 1. The Morgan fingerprint density at radius 3 is 2.26 bits per heavy atom. The van der Waals surface area contributed by atoms with Crippen molar-refractivity contribution >= 4 is 33.6 Å². The number of anilines is 1. The second kappa shape index (κ2) is 8.00. The molecule has 1 heterocycles. The van der Waals surface area contributed by atoms with Gasteiger partial charge in [0.2, 0.25) is 0 Å². The lowest BCUT2D eigenvalue weighted by Gasteiger charge is -2.41. The minimum Gasteiger partial charge on any atom is -0.462 e. The predicted octanol–water partition coefficient (Wildman–Crippen LogP) is 3.86. The first-order valence-electron chi connectivity index (χ1n) is 8.68. The molecule has 0 radical (unpaired) electrons. The zero-order chi connectivity index (χ0) is 19.4. The molecule has 2 aromatic rings. The molecule has 0 spiro atoms. The quantitative estimate of drug-likeness (QED) is 0.569. The highest BCUT2D eigenvalue weighted by Gasteiger charge is 2.61. The largest absolute Gasteiger partial charge is 0.462 e. The Kier molecular flexibility index (Phi) is 5.70. The van der Waals surface area contributed by atoms with Crippen molar-refractivity contribution in [1.29, 1.82) is 0 Å². The maximum absolute atomic E-state index is 13.0. The number of rotatable bonds is 5. The third kappa shape index (κ3) is 3.39. The highest BCUT2D eigenvalue weighted by atomic mass is 79.9.